The van der Waals surface area contributed by atoms with E-state index in [1.165, 1.54) is 0 Å². The maximum Gasteiger partial charge on any atom is 0.433 e. The maximum absolute atomic E-state index is 13.7. The summed E-state index contributed by atoms with van der Waals surface area (Å²) in [5, 5.41) is 6.79. The van der Waals surface area contributed by atoms with Gasteiger partial charge in [0.1, 0.15) is 5.56 Å². The quantitative estimate of drug-likeness (QED) is 0.689. The van der Waals surface area contributed by atoms with Crippen LogP contribution in [0.2, 0.25) is 0 Å². The number of alkyl halides is 3. The summed E-state index contributed by atoms with van der Waals surface area (Å²) in [4.78, 5) is 17.2. The lowest BCUT2D eigenvalue weighted by Gasteiger charge is -2.29. The van der Waals surface area contributed by atoms with Gasteiger partial charge in [0.05, 0.1) is 11.9 Å². The maximum atomic E-state index is 13.7. The molecule has 2 aromatic heterocycles. The highest BCUT2D eigenvalue weighted by molar-refractivity contribution is 6.00. The van der Waals surface area contributed by atoms with Gasteiger partial charge in [-0.2, -0.15) is 18.3 Å². The smallest absolute Gasteiger partial charge is 0.349 e. The number of carbonyl (C=O) groups is 1. The number of fused-ring (bicyclic) bond motifs is 1. The molecule has 1 saturated carbocycles. The average molecular weight is 402 g/mol. The number of benzene rings is 1. The summed E-state index contributed by atoms with van der Waals surface area (Å²) in [5.41, 5.74) is -0.336. The van der Waals surface area contributed by atoms with E-state index in [9.17, 15) is 18.0 Å². The summed E-state index contributed by atoms with van der Waals surface area (Å²) in [7, 11) is 0. The Hall–Kier alpha value is -2.90. The highest BCUT2D eigenvalue weighted by atomic mass is 19.4. The largest absolute Gasteiger partial charge is 0.433 e. The standard InChI is InChI=1S/C21H21F3N4O/c1-13-7-5-6-10-16(13)27-20(29)15-12-25-28-18(21(22,23)24)11-17(26-19(15)28)14-8-3-2-4-9-14/h2-4,8-9,11-13,16H,5-7,10H2,1H3,(H,27,29)/t13-,16-/m1/s1. The van der Waals surface area contributed by atoms with E-state index in [1.54, 1.807) is 30.3 Å². The van der Waals surface area contributed by atoms with E-state index in [0.717, 1.165) is 37.9 Å². The van der Waals surface area contributed by atoms with Crippen molar-refractivity contribution in [1.82, 2.24) is 19.9 Å². The Kier molecular flexibility index (Phi) is 5.02. The van der Waals surface area contributed by atoms with Gasteiger partial charge in [0.2, 0.25) is 0 Å². The second-order valence-electron chi connectivity index (χ2n) is 7.53. The third-order valence-electron chi connectivity index (χ3n) is 5.50. The zero-order valence-electron chi connectivity index (χ0n) is 15.9. The first-order valence-corrected chi connectivity index (χ1v) is 9.67. The normalized spacial score (nSPS) is 20.0. The molecule has 0 bridgehead atoms. The Balaban J connectivity index is 1.78. The average Bonchev–Trinajstić information content (AvgIpc) is 3.13. The number of hydrogen-bond donors (Lipinski definition) is 1. The topological polar surface area (TPSA) is 59.3 Å². The summed E-state index contributed by atoms with van der Waals surface area (Å²) in [6.45, 7) is 2.08. The van der Waals surface area contributed by atoms with Crippen LogP contribution >= 0.6 is 0 Å². The minimum absolute atomic E-state index is 0.00518. The molecule has 8 heteroatoms. The third kappa shape index (κ3) is 3.83. The molecule has 0 spiro atoms. The van der Waals surface area contributed by atoms with E-state index in [1.807, 2.05) is 0 Å². The van der Waals surface area contributed by atoms with Crippen LogP contribution in [-0.2, 0) is 6.18 Å². The fraction of sp³-hybridized carbons (Fsp3) is 0.381. The van der Waals surface area contributed by atoms with Crippen LogP contribution in [0.3, 0.4) is 0 Å². The minimum atomic E-state index is -4.64. The predicted molar refractivity (Wildman–Crippen MR) is 102 cm³/mol. The van der Waals surface area contributed by atoms with Crippen molar-refractivity contribution >= 4 is 11.6 Å². The Morgan fingerprint density at radius 3 is 2.59 bits per heavy atom. The number of aromatic nitrogens is 3. The third-order valence-corrected chi connectivity index (χ3v) is 5.50. The Bertz CT molecular complexity index is 1030. The summed E-state index contributed by atoms with van der Waals surface area (Å²) >= 11 is 0. The molecule has 1 fully saturated rings. The van der Waals surface area contributed by atoms with Crippen LogP contribution in [-0.4, -0.2) is 26.5 Å². The molecule has 0 saturated heterocycles. The van der Waals surface area contributed by atoms with Gasteiger partial charge in [-0.25, -0.2) is 9.50 Å². The van der Waals surface area contributed by atoms with Crippen molar-refractivity contribution in [2.24, 2.45) is 5.92 Å². The van der Waals surface area contributed by atoms with Gasteiger partial charge < -0.3 is 5.32 Å². The number of halogens is 3. The van der Waals surface area contributed by atoms with Crippen LogP contribution in [0.4, 0.5) is 13.2 Å². The molecular formula is C21H21F3N4O. The molecule has 152 valence electrons. The zero-order chi connectivity index (χ0) is 20.6. The van der Waals surface area contributed by atoms with Crippen LogP contribution in [0.25, 0.3) is 16.9 Å². The molecule has 1 N–H and O–H groups in total. The molecule has 5 nitrogen and oxygen atoms in total. The molecule has 1 amide bonds. The molecule has 3 aromatic rings. The lowest BCUT2D eigenvalue weighted by molar-refractivity contribution is -0.142. The summed E-state index contributed by atoms with van der Waals surface area (Å²) in [5.74, 6) is -0.113. The first-order valence-electron chi connectivity index (χ1n) is 9.67. The van der Waals surface area contributed by atoms with Crippen LogP contribution in [0.5, 0.6) is 0 Å². The fourth-order valence-corrected chi connectivity index (χ4v) is 3.86. The van der Waals surface area contributed by atoms with Gasteiger partial charge in [-0.05, 0) is 24.8 Å². The van der Waals surface area contributed by atoms with Gasteiger partial charge >= 0.3 is 6.18 Å². The number of hydrogen-bond acceptors (Lipinski definition) is 3. The first-order chi connectivity index (χ1) is 13.8. The SMILES string of the molecule is C[C@@H]1CCCC[C@H]1NC(=O)c1cnn2c(C(F)(F)F)cc(-c3ccccc3)nc12. The van der Waals surface area contributed by atoms with Gasteiger partial charge in [0.25, 0.3) is 5.91 Å². The van der Waals surface area contributed by atoms with Crippen molar-refractivity contribution in [3.05, 3.63) is 53.9 Å². The van der Waals surface area contributed by atoms with Crippen LogP contribution in [0.1, 0.15) is 48.7 Å². The van der Waals surface area contributed by atoms with Gasteiger partial charge in [0, 0.05) is 11.6 Å². The Labute approximate surface area is 166 Å². The fourth-order valence-electron chi connectivity index (χ4n) is 3.86. The summed E-state index contributed by atoms with van der Waals surface area (Å²) in [6, 6.07) is 9.55. The van der Waals surface area contributed by atoms with Gasteiger partial charge in [-0.15, -0.1) is 0 Å². The molecule has 2 heterocycles. The van der Waals surface area contributed by atoms with Crippen molar-refractivity contribution < 1.29 is 18.0 Å². The molecule has 0 unspecified atom stereocenters. The Morgan fingerprint density at radius 1 is 1.17 bits per heavy atom. The van der Waals surface area contributed by atoms with Crippen molar-refractivity contribution in [2.45, 2.75) is 44.8 Å². The van der Waals surface area contributed by atoms with Gasteiger partial charge in [-0.1, -0.05) is 50.1 Å². The van der Waals surface area contributed by atoms with E-state index in [4.69, 9.17) is 0 Å². The number of carbonyl (C=O) groups excluding carboxylic acids is 1. The second-order valence-corrected chi connectivity index (χ2v) is 7.53. The molecule has 1 aliphatic rings. The highest BCUT2D eigenvalue weighted by Crippen LogP contribution is 2.33. The molecule has 0 aliphatic heterocycles. The van der Waals surface area contributed by atoms with Gasteiger partial charge in [-0.3, -0.25) is 4.79 Å². The molecule has 2 atom stereocenters. The van der Waals surface area contributed by atoms with Crippen molar-refractivity contribution in [3.63, 3.8) is 0 Å². The number of rotatable bonds is 3. The van der Waals surface area contributed by atoms with Crippen LogP contribution < -0.4 is 5.32 Å². The lowest BCUT2D eigenvalue weighted by Crippen LogP contribution is -2.41. The predicted octanol–water partition coefficient (Wildman–Crippen LogP) is 4.72. The molecule has 1 aromatic carbocycles. The molecule has 1 aliphatic carbocycles. The van der Waals surface area contributed by atoms with Crippen molar-refractivity contribution in [3.8, 4) is 11.3 Å². The summed E-state index contributed by atoms with van der Waals surface area (Å²) in [6.07, 6.45) is 0.564. The van der Waals surface area contributed by atoms with Gasteiger partial charge in [0.15, 0.2) is 11.3 Å². The Morgan fingerprint density at radius 2 is 1.90 bits per heavy atom. The van der Waals surface area contributed by atoms with Crippen LogP contribution in [0, 0.1) is 5.92 Å². The first kappa shape index (κ1) is 19.4. The molecule has 29 heavy (non-hydrogen) atoms. The summed E-state index contributed by atoms with van der Waals surface area (Å²) < 4.78 is 41.7. The lowest BCUT2D eigenvalue weighted by atomic mass is 9.86. The minimum Gasteiger partial charge on any atom is -0.349 e. The van der Waals surface area contributed by atoms with E-state index < -0.39 is 17.8 Å². The van der Waals surface area contributed by atoms with Crippen molar-refractivity contribution in [1.29, 1.82) is 0 Å². The van der Waals surface area contributed by atoms with E-state index in [-0.39, 0.29) is 22.9 Å². The van der Waals surface area contributed by atoms with Crippen LogP contribution in [0.15, 0.2) is 42.6 Å². The number of nitrogens with zero attached hydrogens (tertiary/aromatic N) is 3. The molecular weight excluding hydrogens is 381 g/mol. The van der Waals surface area contributed by atoms with E-state index in [0.29, 0.717) is 16.0 Å². The second kappa shape index (κ2) is 7.50. The van der Waals surface area contributed by atoms with E-state index in [2.05, 4.69) is 22.3 Å². The van der Waals surface area contributed by atoms with E-state index >= 15 is 0 Å². The zero-order valence-corrected chi connectivity index (χ0v) is 15.9. The molecule has 0 radical (unpaired) electrons. The molecule has 4 rings (SSSR count). The highest BCUT2D eigenvalue weighted by Gasteiger charge is 2.36. The number of amides is 1. The van der Waals surface area contributed by atoms with Crippen molar-refractivity contribution in [2.75, 3.05) is 0 Å². The monoisotopic (exact) mass is 402 g/mol. The number of nitrogens with one attached hydrogen (secondary N) is 1.